The second kappa shape index (κ2) is 2.34. The zero-order valence-electron chi connectivity index (χ0n) is 9.12. The Balaban J connectivity index is 1.63. The van der Waals surface area contributed by atoms with Crippen LogP contribution < -0.4 is 0 Å². The van der Waals surface area contributed by atoms with Crippen molar-refractivity contribution in [3.63, 3.8) is 0 Å². The van der Waals surface area contributed by atoms with Gasteiger partial charge in [-0.1, -0.05) is 13.8 Å². The Morgan fingerprint density at radius 2 is 2.07 bits per heavy atom. The van der Waals surface area contributed by atoms with Crippen LogP contribution in [0.1, 0.15) is 27.2 Å². The highest BCUT2D eigenvalue weighted by atomic mass is 16.5. The Hall–Kier alpha value is -0.530. The summed E-state index contributed by atoms with van der Waals surface area (Å²) in [5.74, 6) is 4.29. The molecule has 2 bridgehead atoms. The van der Waals surface area contributed by atoms with E-state index in [0.717, 1.165) is 23.7 Å². The molecule has 14 heavy (non-hydrogen) atoms. The maximum Gasteiger partial charge on any atom is 0.302 e. The third-order valence-electron chi connectivity index (χ3n) is 5.01. The molecule has 0 aliphatic heterocycles. The van der Waals surface area contributed by atoms with Crippen molar-refractivity contribution >= 4 is 5.97 Å². The quantitative estimate of drug-likeness (QED) is 0.629. The number of carbonyl (C=O) groups is 1. The van der Waals surface area contributed by atoms with Gasteiger partial charge >= 0.3 is 5.97 Å². The molecule has 4 aliphatic rings. The van der Waals surface area contributed by atoms with Gasteiger partial charge in [0, 0.05) is 6.92 Å². The van der Waals surface area contributed by atoms with E-state index in [9.17, 15) is 4.79 Å². The first-order valence-electron chi connectivity index (χ1n) is 5.70. The monoisotopic (exact) mass is 194 g/mol. The molecule has 2 unspecified atom stereocenters. The molecule has 2 nitrogen and oxygen atoms in total. The van der Waals surface area contributed by atoms with E-state index in [1.165, 1.54) is 13.3 Å². The van der Waals surface area contributed by atoms with E-state index < -0.39 is 0 Å². The van der Waals surface area contributed by atoms with Crippen LogP contribution in [0.25, 0.3) is 0 Å². The van der Waals surface area contributed by atoms with Crippen LogP contribution in [0, 0.1) is 35.0 Å². The van der Waals surface area contributed by atoms with Gasteiger partial charge in [-0.15, -0.1) is 0 Å². The number of fused-ring (bicyclic) bond motifs is 2. The molecule has 0 aromatic heterocycles. The molecule has 4 saturated carbocycles. The lowest BCUT2D eigenvalue weighted by Crippen LogP contribution is -2.33. The van der Waals surface area contributed by atoms with E-state index in [2.05, 4.69) is 13.8 Å². The third kappa shape index (κ3) is 0.850. The molecule has 0 aromatic carbocycles. The van der Waals surface area contributed by atoms with Crippen molar-refractivity contribution in [2.45, 2.75) is 27.2 Å². The summed E-state index contributed by atoms with van der Waals surface area (Å²) in [6, 6.07) is 0. The fourth-order valence-electron chi connectivity index (χ4n) is 4.47. The number of hydrogen-bond acceptors (Lipinski definition) is 2. The molecular formula is C12H18O2. The van der Waals surface area contributed by atoms with Gasteiger partial charge in [0.25, 0.3) is 0 Å². The van der Waals surface area contributed by atoms with Gasteiger partial charge in [-0.2, -0.15) is 0 Å². The second-order valence-corrected chi connectivity index (χ2v) is 5.72. The topological polar surface area (TPSA) is 26.3 Å². The van der Waals surface area contributed by atoms with Crippen molar-refractivity contribution in [3.05, 3.63) is 0 Å². The van der Waals surface area contributed by atoms with Crippen LogP contribution in [0.4, 0.5) is 0 Å². The minimum Gasteiger partial charge on any atom is -0.466 e. The van der Waals surface area contributed by atoms with E-state index in [4.69, 9.17) is 4.74 Å². The lowest BCUT2D eigenvalue weighted by Gasteiger charge is -2.36. The first-order valence-corrected chi connectivity index (χ1v) is 5.70. The van der Waals surface area contributed by atoms with Crippen molar-refractivity contribution in [2.24, 2.45) is 35.0 Å². The summed E-state index contributed by atoms with van der Waals surface area (Å²) in [6.07, 6.45) is 1.27. The van der Waals surface area contributed by atoms with Crippen LogP contribution in [0.15, 0.2) is 0 Å². The fraction of sp³-hybridized carbons (Fsp3) is 0.917. The summed E-state index contributed by atoms with van der Waals surface area (Å²) in [4.78, 5) is 10.8. The molecule has 0 N–H and O–H groups in total. The molecule has 78 valence electrons. The Bertz CT molecular complexity index is 297. The molecule has 4 rings (SSSR count). The molecule has 0 saturated heterocycles. The van der Waals surface area contributed by atoms with E-state index in [1.54, 1.807) is 0 Å². The second-order valence-electron chi connectivity index (χ2n) is 5.72. The highest BCUT2D eigenvalue weighted by molar-refractivity contribution is 5.65. The Kier molecular flexibility index (Phi) is 1.46. The van der Waals surface area contributed by atoms with Crippen molar-refractivity contribution in [2.75, 3.05) is 6.61 Å². The SMILES string of the molecule is CC(=O)OC[C@@H]1C[C@@H](C)[C@@H]2C3[C@H]1C32C. The predicted octanol–water partition coefficient (Wildman–Crippen LogP) is 2.09. The van der Waals surface area contributed by atoms with Gasteiger partial charge in [-0.05, 0) is 41.4 Å². The Morgan fingerprint density at radius 1 is 1.43 bits per heavy atom. The largest absolute Gasteiger partial charge is 0.466 e. The molecule has 0 heterocycles. The highest BCUT2D eigenvalue weighted by Gasteiger charge is 2.87. The molecule has 2 heteroatoms. The maximum atomic E-state index is 10.8. The van der Waals surface area contributed by atoms with Crippen LogP contribution in [0.5, 0.6) is 0 Å². The fourth-order valence-corrected chi connectivity index (χ4v) is 4.47. The lowest BCUT2D eigenvalue weighted by atomic mass is 9.70. The predicted molar refractivity (Wildman–Crippen MR) is 52.5 cm³/mol. The minimum atomic E-state index is -0.126. The summed E-state index contributed by atoms with van der Waals surface area (Å²) in [7, 11) is 0. The zero-order chi connectivity index (χ0) is 10.1. The van der Waals surface area contributed by atoms with Crippen molar-refractivity contribution in [1.29, 1.82) is 0 Å². The Labute approximate surface area is 85.0 Å². The lowest BCUT2D eigenvalue weighted by molar-refractivity contribution is -0.143. The number of esters is 1. The van der Waals surface area contributed by atoms with Crippen molar-refractivity contribution < 1.29 is 9.53 Å². The summed E-state index contributed by atoms with van der Waals surface area (Å²) in [6.45, 7) is 6.95. The minimum absolute atomic E-state index is 0.126. The van der Waals surface area contributed by atoms with Gasteiger partial charge in [0.2, 0.25) is 0 Å². The van der Waals surface area contributed by atoms with Gasteiger partial charge in [0.15, 0.2) is 0 Å². The molecule has 0 amide bonds. The number of carbonyl (C=O) groups excluding carboxylic acids is 1. The highest BCUT2D eigenvalue weighted by Crippen LogP contribution is 2.90. The van der Waals surface area contributed by atoms with Crippen molar-refractivity contribution in [1.82, 2.24) is 0 Å². The molecule has 4 fully saturated rings. The first kappa shape index (κ1) is 8.75. The average molecular weight is 194 g/mol. The third-order valence-corrected chi connectivity index (χ3v) is 5.01. The van der Waals surface area contributed by atoms with Gasteiger partial charge in [0.1, 0.15) is 0 Å². The van der Waals surface area contributed by atoms with Gasteiger partial charge in [-0.25, -0.2) is 0 Å². The van der Waals surface area contributed by atoms with Gasteiger partial charge in [-0.3, -0.25) is 4.79 Å². The normalized spacial score (nSPS) is 57.5. The average Bonchev–Trinajstić information content (AvgIpc) is 2.88. The number of ether oxygens (including phenoxy) is 1. The van der Waals surface area contributed by atoms with Gasteiger partial charge in [0.05, 0.1) is 6.61 Å². The van der Waals surface area contributed by atoms with E-state index in [-0.39, 0.29) is 5.97 Å². The zero-order valence-corrected chi connectivity index (χ0v) is 9.12. The summed E-state index contributed by atoms with van der Waals surface area (Å²) >= 11 is 0. The number of hydrogen-bond donors (Lipinski definition) is 0. The summed E-state index contributed by atoms with van der Waals surface area (Å²) < 4.78 is 5.14. The van der Waals surface area contributed by atoms with Crippen LogP contribution >= 0.6 is 0 Å². The molecule has 0 spiro atoms. The van der Waals surface area contributed by atoms with E-state index in [0.29, 0.717) is 17.9 Å². The molecule has 6 atom stereocenters. The molecule has 0 radical (unpaired) electrons. The van der Waals surface area contributed by atoms with Crippen LogP contribution in [-0.2, 0) is 9.53 Å². The van der Waals surface area contributed by atoms with Crippen LogP contribution in [0.3, 0.4) is 0 Å². The van der Waals surface area contributed by atoms with E-state index >= 15 is 0 Å². The molecular weight excluding hydrogens is 176 g/mol. The summed E-state index contributed by atoms with van der Waals surface area (Å²) in [5.41, 5.74) is 0.669. The number of rotatable bonds is 2. The summed E-state index contributed by atoms with van der Waals surface area (Å²) in [5, 5.41) is 0. The Morgan fingerprint density at radius 3 is 2.57 bits per heavy atom. The smallest absolute Gasteiger partial charge is 0.302 e. The first-order chi connectivity index (χ1) is 6.56. The van der Waals surface area contributed by atoms with Gasteiger partial charge < -0.3 is 4.74 Å². The molecule has 0 aromatic rings. The van der Waals surface area contributed by atoms with E-state index in [1.807, 2.05) is 0 Å². The molecule has 4 aliphatic carbocycles. The maximum absolute atomic E-state index is 10.8. The van der Waals surface area contributed by atoms with Crippen LogP contribution in [0.2, 0.25) is 0 Å². The standard InChI is InChI=1S/C12H18O2/c1-6-4-8(5-14-7(2)13)10-11-9(6)12(10,11)3/h6,8-11H,4-5H2,1-3H3/t6-,8+,9-,10+,11?,12?/m1/s1. The van der Waals surface area contributed by atoms with Crippen molar-refractivity contribution in [3.8, 4) is 0 Å². The van der Waals surface area contributed by atoms with Crippen LogP contribution in [-0.4, -0.2) is 12.6 Å².